The van der Waals surface area contributed by atoms with Gasteiger partial charge >= 0.3 is 5.97 Å². The molecule has 98 valence electrons. The molecule has 0 heterocycles. The van der Waals surface area contributed by atoms with Crippen LogP contribution in [0, 0.1) is 0 Å². The van der Waals surface area contributed by atoms with Crippen LogP contribution in [0.15, 0.2) is 22.7 Å². The monoisotopic (exact) mass is 315 g/mol. The van der Waals surface area contributed by atoms with Crippen molar-refractivity contribution < 1.29 is 19.4 Å². The molecular weight excluding hydrogens is 302 g/mol. The van der Waals surface area contributed by atoms with E-state index in [1.54, 1.807) is 13.0 Å². The molecule has 6 heteroatoms. The second-order valence-electron chi connectivity index (χ2n) is 3.56. The van der Waals surface area contributed by atoms with Gasteiger partial charge in [-0.15, -0.1) is 0 Å². The van der Waals surface area contributed by atoms with E-state index >= 15 is 0 Å². The van der Waals surface area contributed by atoms with Crippen molar-refractivity contribution in [3.05, 3.63) is 28.2 Å². The minimum atomic E-state index is -0.500. The van der Waals surface area contributed by atoms with E-state index in [4.69, 9.17) is 0 Å². The standard InChI is InChI=1S/C12H14BrNO4/c1-3-14(7-11(16)18-2)12(17)9-6-8(13)4-5-10(9)15/h4-6,15H,3,7H2,1-2H3. The van der Waals surface area contributed by atoms with E-state index in [2.05, 4.69) is 20.7 Å². The molecule has 0 aliphatic rings. The third kappa shape index (κ3) is 3.46. The number of carbonyl (C=O) groups is 2. The molecule has 0 aliphatic heterocycles. The fourth-order valence-corrected chi connectivity index (χ4v) is 1.76. The molecule has 0 saturated heterocycles. The molecule has 1 rings (SSSR count). The lowest BCUT2D eigenvalue weighted by atomic mass is 10.1. The Morgan fingerprint density at radius 1 is 1.44 bits per heavy atom. The van der Waals surface area contributed by atoms with E-state index in [9.17, 15) is 14.7 Å². The fraction of sp³-hybridized carbons (Fsp3) is 0.333. The first-order valence-corrected chi connectivity index (χ1v) is 6.13. The smallest absolute Gasteiger partial charge is 0.325 e. The molecule has 0 fully saturated rings. The van der Waals surface area contributed by atoms with Crippen LogP contribution in [0.5, 0.6) is 5.75 Å². The number of benzene rings is 1. The first-order valence-electron chi connectivity index (χ1n) is 5.34. The maximum Gasteiger partial charge on any atom is 0.325 e. The molecule has 0 aliphatic carbocycles. The Kier molecular flexibility index (Phi) is 5.15. The number of hydrogen-bond donors (Lipinski definition) is 1. The van der Waals surface area contributed by atoms with E-state index in [0.717, 1.165) is 0 Å². The molecular formula is C12H14BrNO4. The normalized spacial score (nSPS) is 9.94. The lowest BCUT2D eigenvalue weighted by Crippen LogP contribution is -2.36. The van der Waals surface area contributed by atoms with Gasteiger partial charge in [-0.3, -0.25) is 9.59 Å². The highest BCUT2D eigenvalue weighted by atomic mass is 79.9. The molecule has 1 aromatic rings. The van der Waals surface area contributed by atoms with Gasteiger partial charge in [-0.05, 0) is 25.1 Å². The van der Waals surface area contributed by atoms with Crippen LogP contribution in [-0.2, 0) is 9.53 Å². The summed E-state index contributed by atoms with van der Waals surface area (Å²) in [6.45, 7) is 1.95. The van der Waals surface area contributed by atoms with Crippen LogP contribution in [0.25, 0.3) is 0 Å². The summed E-state index contributed by atoms with van der Waals surface area (Å²) in [5.74, 6) is -1.03. The zero-order chi connectivity index (χ0) is 13.7. The quantitative estimate of drug-likeness (QED) is 0.860. The molecule has 0 unspecified atom stereocenters. The number of ether oxygens (including phenoxy) is 1. The minimum absolute atomic E-state index is 0.119. The van der Waals surface area contributed by atoms with Gasteiger partial charge in [0.25, 0.3) is 5.91 Å². The summed E-state index contributed by atoms with van der Waals surface area (Å²) in [7, 11) is 1.26. The molecule has 0 aromatic heterocycles. The number of aromatic hydroxyl groups is 1. The molecule has 1 aromatic carbocycles. The van der Waals surface area contributed by atoms with Gasteiger partial charge < -0.3 is 14.7 Å². The number of phenolic OH excluding ortho intramolecular Hbond substituents is 1. The van der Waals surface area contributed by atoms with Gasteiger partial charge in [0.1, 0.15) is 12.3 Å². The van der Waals surface area contributed by atoms with Gasteiger partial charge in [-0.1, -0.05) is 15.9 Å². The van der Waals surface area contributed by atoms with Crippen LogP contribution >= 0.6 is 15.9 Å². The van der Waals surface area contributed by atoms with Crippen molar-refractivity contribution in [2.75, 3.05) is 20.2 Å². The molecule has 0 atom stereocenters. The number of esters is 1. The number of nitrogens with zero attached hydrogens (tertiary/aromatic N) is 1. The van der Waals surface area contributed by atoms with Crippen molar-refractivity contribution in [1.82, 2.24) is 4.90 Å². The number of rotatable bonds is 4. The second kappa shape index (κ2) is 6.39. The Balaban J connectivity index is 2.96. The SMILES string of the molecule is CCN(CC(=O)OC)C(=O)c1cc(Br)ccc1O. The average Bonchev–Trinajstić information content (AvgIpc) is 2.37. The van der Waals surface area contributed by atoms with E-state index in [1.165, 1.54) is 24.1 Å². The minimum Gasteiger partial charge on any atom is -0.507 e. The Hall–Kier alpha value is -1.56. The van der Waals surface area contributed by atoms with E-state index < -0.39 is 11.9 Å². The fourth-order valence-electron chi connectivity index (χ4n) is 1.40. The predicted molar refractivity (Wildman–Crippen MR) is 69.4 cm³/mol. The topological polar surface area (TPSA) is 66.8 Å². The van der Waals surface area contributed by atoms with Crippen LogP contribution in [0.2, 0.25) is 0 Å². The van der Waals surface area contributed by atoms with Gasteiger partial charge in [0.2, 0.25) is 0 Å². The molecule has 0 bridgehead atoms. The third-order valence-electron chi connectivity index (χ3n) is 2.41. The van der Waals surface area contributed by atoms with Crippen molar-refractivity contribution in [1.29, 1.82) is 0 Å². The Bertz CT molecular complexity index is 461. The number of hydrogen-bond acceptors (Lipinski definition) is 4. The summed E-state index contributed by atoms with van der Waals surface area (Å²) in [5.41, 5.74) is 0.148. The van der Waals surface area contributed by atoms with Crippen molar-refractivity contribution in [2.24, 2.45) is 0 Å². The van der Waals surface area contributed by atoms with Crippen molar-refractivity contribution in [3.63, 3.8) is 0 Å². The first kappa shape index (κ1) is 14.5. The zero-order valence-corrected chi connectivity index (χ0v) is 11.7. The molecule has 1 amide bonds. The maximum absolute atomic E-state index is 12.1. The molecule has 0 radical (unpaired) electrons. The van der Waals surface area contributed by atoms with Crippen LogP contribution in [0.3, 0.4) is 0 Å². The molecule has 1 N–H and O–H groups in total. The Labute approximate surface area is 113 Å². The molecule has 18 heavy (non-hydrogen) atoms. The lowest BCUT2D eigenvalue weighted by molar-refractivity contribution is -0.141. The summed E-state index contributed by atoms with van der Waals surface area (Å²) in [6.07, 6.45) is 0. The number of carbonyl (C=O) groups excluding carboxylic acids is 2. The summed E-state index contributed by atoms with van der Waals surface area (Å²) in [5, 5.41) is 9.66. The first-order chi connectivity index (χ1) is 8.49. The van der Waals surface area contributed by atoms with Gasteiger partial charge in [0.15, 0.2) is 0 Å². The highest BCUT2D eigenvalue weighted by Crippen LogP contribution is 2.23. The van der Waals surface area contributed by atoms with E-state index in [1.807, 2.05) is 0 Å². The number of methoxy groups -OCH3 is 1. The van der Waals surface area contributed by atoms with Crippen LogP contribution in [0.1, 0.15) is 17.3 Å². The predicted octanol–water partition coefficient (Wildman–Crippen LogP) is 1.79. The number of likely N-dealkylation sites (N-methyl/N-ethyl adjacent to an activating group) is 1. The summed E-state index contributed by atoms with van der Waals surface area (Å²) in [4.78, 5) is 24.6. The van der Waals surface area contributed by atoms with E-state index in [0.29, 0.717) is 11.0 Å². The number of amides is 1. The van der Waals surface area contributed by atoms with Gasteiger partial charge in [-0.2, -0.15) is 0 Å². The highest BCUT2D eigenvalue weighted by molar-refractivity contribution is 9.10. The molecule has 5 nitrogen and oxygen atoms in total. The third-order valence-corrected chi connectivity index (χ3v) is 2.90. The molecule has 0 saturated carbocycles. The second-order valence-corrected chi connectivity index (χ2v) is 4.47. The van der Waals surface area contributed by atoms with Crippen LogP contribution in [0.4, 0.5) is 0 Å². The summed E-state index contributed by atoms with van der Waals surface area (Å²) in [6, 6.07) is 4.56. The number of halogens is 1. The molecule has 0 spiro atoms. The number of phenols is 1. The maximum atomic E-state index is 12.1. The average molecular weight is 316 g/mol. The van der Waals surface area contributed by atoms with Crippen molar-refractivity contribution >= 4 is 27.8 Å². The summed E-state index contributed by atoms with van der Waals surface area (Å²) >= 11 is 3.23. The van der Waals surface area contributed by atoms with Crippen LogP contribution < -0.4 is 0 Å². The van der Waals surface area contributed by atoms with Crippen molar-refractivity contribution in [3.8, 4) is 5.75 Å². The zero-order valence-electron chi connectivity index (χ0n) is 10.1. The van der Waals surface area contributed by atoms with Gasteiger partial charge in [0.05, 0.1) is 12.7 Å². The van der Waals surface area contributed by atoms with Crippen LogP contribution in [-0.4, -0.2) is 42.1 Å². The highest BCUT2D eigenvalue weighted by Gasteiger charge is 2.20. The van der Waals surface area contributed by atoms with Gasteiger partial charge in [-0.25, -0.2) is 0 Å². The summed E-state index contributed by atoms with van der Waals surface area (Å²) < 4.78 is 5.20. The largest absolute Gasteiger partial charge is 0.507 e. The van der Waals surface area contributed by atoms with Crippen molar-refractivity contribution in [2.45, 2.75) is 6.92 Å². The van der Waals surface area contributed by atoms with E-state index in [-0.39, 0.29) is 17.9 Å². The van der Waals surface area contributed by atoms with Gasteiger partial charge in [0, 0.05) is 11.0 Å². The Morgan fingerprint density at radius 2 is 2.11 bits per heavy atom. The Morgan fingerprint density at radius 3 is 2.67 bits per heavy atom. The lowest BCUT2D eigenvalue weighted by Gasteiger charge is -2.20.